The van der Waals surface area contributed by atoms with Crippen LogP contribution < -0.4 is 5.32 Å². The molecule has 0 aliphatic carbocycles. The number of hydrogen-bond donors (Lipinski definition) is 1. The lowest BCUT2D eigenvalue weighted by molar-refractivity contribution is 0.102. The van der Waals surface area contributed by atoms with Crippen LogP contribution in [0.3, 0.4) is 0 Å². The zero-order chi connectivity index (χ0) is 12.4. The van der Waals surface area contributed by atoms with Crippen molar-refractivity contribution in [1.82, 2.24) is 9.78 Å². The first-order valence-corrected chi connectivity index (χ1v) is 5.51. The van der Waals surface area contributed by atoms with E-state index in [4.69, 9.17) is 11.6 Å². The summed E-state index contributed by atoms with van der Waals surface area (Å²) in [6, 6.07) is 5.26. The Morgan fingerprint density at radius 1 is 1.47 bits per heavy atom. The summed E-state index contributed by atoms with van der Waals surface area (Å²) >= 11 is 5.97. The molecule has 4 nitrogen and oxygen atoms in total. The number of carbonyl (C=O) groups is 1. The van der Waals surface area contributed by atoms with Gasteiger partial charge in [0.1, 0.15) is 0 Å². The maximum Gasteiger partial charge on any atom is 0.256 e. The fourth-order valence-electron chi connectivity index (χ4n) is 1.54. The Balaban J connectivity index is 2.23. The maximum atomic E-state index is 12.0. The molecule has 0 unspecified atom stereocenters. The van der Waals surface area contributed by atoms with Gasteiger partial charge in [-0.3, -0.25) is 9.48 Å². The largest absolute Gasteiger partial charge is 0.319 e. The van der Waals surface area contributed by atoms with Gasteiger partial charge < -0.3 is 5.32 Å². The van der Waals surface area contributed by atoms with Gasteiger partial charge >= 0.3 is 0 Å². The molecule has 0 radical (unpaired) electrons. The molecule has 2 rings (SSSR count). The molecule has 0 saturated heterocycles. The van der Waals surface area contributed by atoms with Crippen LogP contribution in [0.2, 0.25) is 5.02 Å². The van der Waals surface area contributed by atoms with Crippen molar-refractivity contribution in [2.75, 3.05) is 5.32 Å². The number of benzene rings is 1. The molecular formula is C12H12ClN3O. The topological polar surface area (TPSA) is 46.9 Å². The van der Waals surface area contributed by atoms with E-state index in [-0.39, 0.29) is 5.91 Å². The fraction of sp³-hybridized carbons (Fsp3) is 0.167. The van der Waals surface area contributed by atoms with Crippen molar-refractivity contribution in [2.45, 2.75) is 6.92 Å². The molecular weight excluding hydrogens is 238 g/mol. The van der Waals surface area contributed by atoms with Crippen LogP contribution in [0.1, 0.15) is 15.9 Å². The molecule has 1 N–H and O–H groups in total. The average Bonchev–Trinajstić information content (AvgIpc) is 2.68. The maximum absolute atomic E-state index is 12.0. The molecule has 0 bridgehead atoms. The normalized spacial score (nSPS) is 10.3. The van der Waals surface area contributed by atoms with Crippen molar-refractivity contribution in [3.8, 4) is 0 Å². The molecule has 0 fully saturated rings. The number of aryl methyl sites for hydroxylation is 1. The molecule has 1 amide bonds. The van der Waals surface area contributed by atoms with E-state index in [0.29, 0.717) is 16.3 Å². The summed E-state index contributed by atoms with van der Waals surface area (Å²) in [6.45, 7) is 1.82. The Hall–Kier alpha value is -1.81. The number of amides is 1. The summed E-state index contributed by atoms with van der Waals surface area (Å²) in [7, 11) is 1.79. The predicted octanol–water partition coefficient (Wildman–Crippen LogP) is 2.63. The number of halogens is 1. The number of aromatic nitrogens is 2. The smallest absolute Gasteiger partial charge is 0.256 e. The zero-order valence-electron chi connectivity index (χ0n) is 9.57. The molecule has 5 heteroatoms. The molecule has 1 aromatic carbocycles. The molecule has 0 aliphatic rings. The Labute approximate surface area is 104 Å². The summed E-state index contributed by atoms with van der Waals surface area (Å²) in [6.07, 6.45) is 3.33. The minimum Gasteiger partial charge on any atom is -0.319 e. The van der Waals surface area contributed by atoms with E-state index in [1.165, 1.54) is 0 Å². The lowest BCUT2D eigenvalue weighted by Gasteiger charge is -2.06. The lowest BCUT2D eigenvalue weighted by Crippen LogP contribution is -2.13. The van der Waals surface area contributed by atoms with Crippen molar-refractivity contribution in [2.24, 2.45) is 7.05 Å². The van der Waals surface area contributed by atoms with Crippen LogP contribution in [0.4, 0.5) is 5.69 Å². The number of hydrogen-bond acceptors (Lipinski definition) is 2. The van der Waals surface area contributed by atoms with Crippen molar-refractivity contribution >= 4 is 23.2 Å². The monoisotopic (exact) mass is 249 g/mol. The summed E-state index contributed by atoms with van der Waals surface area (Å²) in [4.78, 5) is 12.0. The van der Waals surface area contributed by atoms with Crippen molar-refractivity contribution < 1.29 is 4.79 Å². The van der Waals surface area contributed by atoms with Crippen LogP contribution in [0.25, 0.3) is 0 Å². The summed E-state index contributed by atoms with van der Waals surface area (Å²) in [5, 5.41) is 7.33. The number of rotatable bonds is 2. The minimum atomic E-state index is -0.182. The number of carbonyl (C=O) groups excluding carboxylic acids is 1. The highest BCUT2D eigenvalue weighted by Crippen LogP contribution is 2.19. The van der Waals surface area contributed by atoms with Crippen molar-refractivity contribution in [3.63, 3.8) is 0 Å². The molecule has 17 heavy (non-hydrogen) atoms. The average molecular weight is 250 g/mol. The molecule has 88 valence electrons. The Kier molecular flexibility index (Phi) is 3.15. The van der Waals surface area contributed by atoms with Gasteiger partial charge in [-0.15, -0.1) is 0 Å². The van der Waals surface area contributed by atoms with Crippen LogP contribution in [-0.4, -0.2) is 15.7 Å². The van der Waals surface area contributed by atoms with Crippen molar-refractivity contribution in [1.29, 1.82) is 0 Å². The summed E-state index contributed by atoms with van der Waals surface area (Å²) in [5.41, 5.74) is 2.01. The van der Waals surface area contributed by atoms with Gasteiger partial charge in [0.25, 0.3) is 5.91 Å². The third kappa shape index (κ3) is 2.47. The second kappa shape index (κ2) is 4.59. The Bertz CT molecular complexity index is 563. The SMILES string of the molecule is Cc1c(Cl)cccc1C(=O)Nc1cnn(C)c1. The van der Waals surface area contributed by atoms with Crippen LogP contribution in [0.15, 0.2) is 30.6 Å². The highest BCUT2D eigenvalue weighted by Gasteiger charge is 2.11. The quantitative estimate of drug-likeness (QED) is 0.889. The third-order valence-electron chi connectivity index (χ3n) is 2.48. The fourth-order valence-corrected chi connectivity index (χ4v) is 1.71. The first kappa shape index (κ1) is 11.7. The van der Waals surface area contributed by atoms with E-state index in [9.17, 15) is 4.79 Å². The van der Waals surface area contributed by atoms with E-state index in [2.05, 4.69) is 10.4 Å². The molecule has 1 heterocycles. The van der Waals surface area contributed by atoms with E-state index >= 15 is 0 Å². The first-order valence-electron chi connectivity index (χ1n) is 5.13. The Morgan fingerprint density at radius 2 is 2.24 bits per heavy atom. The number of nitrogens with zero attached hydrogens (tertiary/aromatic N) is 2. The van der Waals surface area contributed by atoms with Gasteiger partial charge in [-0.05, 0) is 24.6 Å². The van der Waals surface area contributed by atoms with E-state index in [1.54, 1.807) is 42.3 Å². The van der Waals surface area contributed by atoms with Gasteiger partial charge in [0.15, 0.2) is 0 Å². The van der Waals surface area contributed by atoms with Gasteiger partial charge in [-0.25, -0.2) is 0 Å². The van der Waals surface area contributed by atoms with Gasteiger partial charge in [0.2, 0.25) is 0 Å². The second-order valence-electron chi connectivity index (χ2n) is 3.77. The van der Waals surface area contributed by atoms with Crippen LogP contribution in [0.5, 0.6) is 0 Å². The van der Waals surface area contributed by atoms with Crippen LogP contribution >= 0.6 is 11.6 Å². The summed E-state index contributed by atoms with van der Waals surface area (Å²) in [5.74, 6) is -0.182. The Morgan fingerprint density at radius 3 is 2.88 bits per heavy atom. The van der Waals surface area contributed by atoms with Gasteiger partial charge in [-0.2, -0.15) is 5.10 Å². The van der Waals surface area contributed by atoms with Crippen LogP contribution in [0, 0.1) is 6.92 Å². The summed E-state index contributed by atoms with van der Waals surface area (Å²) < 4.78 is 1.63. The molecule has 0 spiro atoms. The van der Waals surface area contributed by atoms with Gasteiger partial charge in [-0.1, -0.05) is 17.7 Å². The van der Waals surface area contributed by atoms with Crippen LogP contribution in [-0.2, 0) is 7.05 Å². The predicted molar refractivity (Wildman–Crippen MR) is 67.4 cm³/mol. The van der Waals surface area contributed by atoms with E-state index in [1.807, 2.05) is 6.92 Å². The minimum absolute atomic E-state index is 0.182. The number of anilines is 1. The lowest BCUT2D eigenvalue weighted by atomic mass is 10.1. The molecule has 0 saturated carbocycles. The van der Waals surface area contributed by atoms with E-state index in [0.717, 1.165) is 5.56 Å². The second-order valence-corrected chi connectivity index (χ2v) is 4.18. The molecule has 0 aliphatic heterocycles. The van der Waals surface area contributed by atoms with Gasteiger partial charge in [0.05, 0.1) is 11.9 Å². The third-order valence-corrected chi connectivity index (χ3v) is 2.88. The van der Waals surface area contributed by atoms with Gasteiger partial charge in [0, 0.05) is 23.8 Å². The molecule has 2 aromatic rings. The van der Waals surface area contributed by atoms with Crippen molar-refractivity contribution in [3.05, 3.63) is 46.7 Å². The standard InChI is InChI=1S/C12H12ClN3O/c1-8-10(4-3-5-11(8)13)12(17)15-9-6-14-16(2)7-9/h3-7H,1-2H3,(H,15,17). The molecule has 1 aromatic heterocycles. The first-order chi connectivity index (χ1) is 8.08. The van der Waals surface area contributed by atoms with E-state index < -0.39 is 0 Å². The number of nitrogens with one attached hydrogen (secondary N) is 1. The highest BCUT2D eigenvalue weighted by atomic mass is 35.5. The highest BCUT2D eigenvalue weighted by molar-refractivity contribution is 6.32. The zero-order valence-corrected chi connectivity index (χ0v) is 10.3. The molecule has 0 atom stereocenters.